The van der Waals surface area contributed by atoms with Crippen molar-refractivity contribution in [3.63, 3.8) is 0 Å². The lowest BCUT2D eigenvalue weighted by molar-refractivity contribution is -0.115. The van der Waals surface area contributed by atoms with Gasteiger partial charge in [0.15, 0.2) is 6.79 Å². The minimum atomic E-state index is -0.947. The molecule has 0 unspecified atom stereocenters. The Labute approximate surface area is 252 Å². The summed E-state index contributed by atoms with van der Waals surface area (Å²) >= 11 is 6.16. The first kappa shape index (κ1) is 32.7. The van der Waals surface area contributed by atoms with Crippen LogP contribution in [0.2, 0.25) is 5.02 Å². The van der Waals surface area contributed by atoms with E-state index in [4.69, 9.17) is 30.5 Å². The van der Waals surface area contributed by atoms with E-state index < -0.39 is 17.8 Å². The number of aliphatic hydroxyl groups excluding tert-OH is 1. The minimum Gasteiger partial charge on any atom is -0.491 e. The Morgan fingerprint density at radius 3 is 2.21 bits per heavy atom. The van der Waals surface area contributed by atoms with Crippen molar-refractivity contribution in [2.45, 2.75) is 45.3 Å². The molecule has 3 aromatic carbocycles. The molecule has 2 amide bonds. The quantitative estimate of drug-likeness (QED) is 0.228. The van der Waals surface area contributed by atoms with Gasteiger partial charge >= 0.3 is 6.09 Å². The van der Waals surface area contributed by atoms with Crippen LogP contribution in [0.15, 0.2) is 72.8 Å². The van der Waals surface area contributed by atoms with Gasteiger partial charge in [-0.15, -0.1) is 0 Å². The average Bonchev–Trinajstić information content (AvgIpc) is 2.94. The van der Waals surface area contributed by atoms with E-state index in [1.807, 2.05) is 42.5 Å². The highest BCUT2D eigenvalue weighted by Crippen LogP contribution is 2.19. The van der Waals surface area contributed by atoms with Gasteiger partial charge in [-0.2, -0.15) is 0 Å². The molecule has 3 aromatic rings. The Morgan fingerprint density at radius 2 is 1.60 bits per heavy atom. The van der Waals surface area contributed by atoms with E-state index in [9.17, 15) is 14.7 Å². The molecule has 9 nitrogen and oxygen atoms in total. The lowest BCUT2D eigenvalue weighted by Crippen LogP contribution is -2.43. The van der Waals surface area contributed by atoms with Gasteiger partial charge < -0.3 is 34.3 Å². The maximum atomic E-state index is 12.9. The minimum absolute atomic E-state index is 0.0137. The molecule has 3 rings (SSSR count). The third-order valence-corrected chi connectivity index (χ3v) is 6.28. The van der Waals surface area contributed by atoms with Crippen molar-refractivity contribution >= 4 is 29.3 Å². The number of halogens is 1. The summed E-state index contributed by atoms with van der Waals surface area (Å²) < 4.78 is 21.5. The van der Waals surface area contributed by atoms with E-state index >= 15 is 0 Å². The van der Waals surface area contributed by atoms with Gasteiger partial charge in [-0.1, -0.05) is 41.9 Å². The van der Waals surface area contributed by atoms with Gasteiger partial charge in [0.05, 0.1) is 13.0 Å². The van der Waals surface area contributed by atoms with Gasteiger partial charge in [0.2, 0.25) is 5.91 Å². The maximum absolute atomic E-state index is 12.9. The SMILES string of the molecule is COCOc1ccc(OC[C@@H](O)CN(CCc2ccc(NC(=O)Cc3ccccc3Cl)cc2)C(=O)OC(C)(C)C)cc1. The molecule has 0 radical (unpaired) electrons. The van der Waals surface area contributed by atoms with Crippen LogP contribution in [0.1, 0.15) is 31.9 Å². The molecular formula is C32H39ClN2O7. The highest BCUT2D eigenvalue weighted by Gasteiger charge is 2.24. The molecule has 10 heteroatoms. The van der Waals surface area contributed by atoms with Crippen molar-refractivity contribution in [3.8, 4) is 11.5 Å². The first-order valence-corrected chi connectivity index (χ1v) is 14.0. The number of nitrogens with zero attached hydrogens (tertiary/aromatic N) is 1. The average molecular weight is 599 g/mol. The van der Waals surface area contributed by atoms with Crippen LogP contribution < -0.4 is 14.8 Å². The van der Waals surface area contributed by atoms with Crippen molar-refractivity contribution in [1.82, 2.24) is 4.90 Å². The number of methoxy groups -OCH3 is 1. The second-order valence-electron chi connectivity index (χ2n) is 10.7. The largest absolute Gasteiger partial charge is 0.491 e. The molecule has 0 aliphatic heterocycles. The summed E-state index contributed by atoms with van der Waals surface area (Å²) in [5.41, 5.74) is 1.68. The molecular weight excluding hydrogens is 560 g/mol. The molecule has 1 atom stereocenters. The van der Waals surface area contributed by atoms with Crippen LogP contribution in [0.3, 0.4) is 0 Å². The molecule has 0 aliphatic carbocycles. The maximum Gasteiger partial charge on any atom is 0.410 e. The third kappa shape index (κ3) is 11.6. The van der Waals surface area contributed by atoms with Gasteiger partial charge in [0.1, 0.15) is 29.8 Å². The normalized spacial score (nSPS) is 11.9. The smallest absolute Gasteiger partial charge is 0.410 e. The van der Waals surface area contributed by atoms with Crippen molar-refractivity contribution < 1.29 is 33.6 Å². The molecule has 2 N–H and O–H groups in total. The number of hydrogen-bond donors (Lipinski definition) is 2. The fourth-order valence-corrected chi connectivity index (χ4v) is 4.08. The number of carbonyl (C=O) groups excluding carboxylic acids is 2. The molecule has 0 saturated heterocycles. The molecule has 0 saturated carbocycles. The number of rotatable bonds is 14. The van der Waals surface area contributed by atoms with Crippen molar-refractivity contribution in [3.05, 3.63) is 88.9 Å². The number of ether oxygens (including phenoxy) is 4. The first-order valence-electron chi connectivity index (χ1n) is 13.6. The Morgan fingerprint density at radius 1 is 0.952 bits per heavy atom. The number of carbonyl (C=O) groups is 2. The summed E-state index contributed by atoms with van der Waals surface area (Å²) in [5, 5.41) is 14.1. The topological polar surface area (TPSA) is 107 Å². The zero-order valence-electron chi connectivity index (χ0n) is 24.5. The monoisotopic (exact) mass is 598 g/mol. The fourth-order valence-electron chi connectivity index (χ4n) is 3.88. The number of aliphatic hydroxyl groups is 1. The number of amides is 2. The summed E-state index contributed by atoms with van der Waals surface area (Å²) in [6.45, 7) is 5.85. The second kappa shape index (κ2) is 16.0. The zero-order chi connectivity index (χ0) is 30.5. The number of benzene rings is 3. The van der Waals surface area contributed by atoms with E-state index in [2.05, 4.69) is 5.32 Å². The second-order valence-corrected chi connectivity index (χ2v) is 11.1. The van der Waals surface area contributed by atoms with E-state index in [-0.39, 0.29) is 32.3 Å². The number of hydrogen-bond acceptors (Lipinski definition) is 7. The Hall–Kier alpha value is -3.79. The van der Waals surface area contributed by atoms with Crippen LogP contribution in [0.25, 0.3) is 0 Å². The lowest BCUT2D eigenvalue weighted by Gasteiger charge is -2.29. The van der Waals surface area contributed by atoms with Gasteiger partial charge in [-0.05, 0) is 80.8 Å². The zero-order valence-corrected chi connectivity index (χ0v) is 25.2. The standard InChI is InChI=1S/C32H39ClN2O7/c1-32(2,3)42-31(38)35(20-26(36)21-40-27-13-15-28(16-14-27)41-22-39-4)18-17-23-9-11-25(12-10-23)34-30(37)19-24-7-5-6-8-29(24)33/h5-16,26,36H,17-22H2,1-4H3,(H,34,37)/t26-/m0/s1. The van der Waals surface area contributed by atoms with Crippen molar-refractivity contribution in [2.24, 2.45) is 0 Å². The molecule has 0 spiro atoms. The highest BCUT2D eigenvalue weighted by molar-refractivity contribution is 6.31. The van der Waals surface area contributed by atoms with Gasteiger partial charge in [0.25, 0.3) is 0 Å². The summed E-state index contributed by atoms with van der Waals surface area (Å²) in [6, 6.07) is 21.6. The van der Waals surface area contributed by atoms with E-state index in [1.54, 1.807) is 58.2 Å². The Balaban J connectivity index is 1.54. The van der Waals surface area contributed by atoms with Crippen molar-refractivity contribution in [2.75, 3.05) is 38.9 Å². The molecule has 0 aliphatic rings. The van der Waals surface area contributed by atoms with E-state index in [0.29, 0.717) is 35.2 Å². The molecule has 0 fully saturated rings. The summed E-state index contributed by atoms with van der Waals surface area (Å²) in [5.74, 6) is 1.02. The van der Waals surface area contributed by atoms with Gasteiger partial charge in [-0.3, -0.25) is 4.79 Å². The highest BCUT2D eigenvalue weighted by atomic mass is 35.5. The van der Waals surface area contributed by atoms with Crippen LogP contribution in [-0.2, 0) is 27.1 Å². The summed E-state index contributed by atoms with van der Waals surface area (Å²) in [4.78, 5) is 26.9. The molecule has 226 valence electrons. The van der Waals surface area contributed by atoms with E-state index in [1.165, 1.54) is 4.90 Å². The third-order valence-electron chi connectivity index (χ3n) is 5.91. The summed E-state index contributed by atoms with van der Waals surface area (Å²) in [7, 11) is 1.54. The van der Waals surface area contributed by atoms with Crippen LogP contribution in [0.4, 0.5) is 10.5 Å². The Bertz CT molecular complexity index is 1280. The molecule has 0 aromatic heterocycles. The number of anilines is 1. The molecule has 0 bridgehead atoms. The van der Waals surface area contributed by atoms with Crippen LogP contribution in [-0.4, -0.2) is 67.3 Å². The predicted molar refractivity (Wildman–Crippen MR) is 162 cm³/mol. The summed E-state index contributed by atoms with van der Waals surface area (Å²) in [6.07, 6.45) is -0.780. The van der Waals surface area contributed by atoms with Crippen LogP contribution in [0.5, 0.6) is 11.5 Å². The first-order chi connectivity index (χ1) is 20.0. The van der Waals surface area contributed by atoms with Gasteiger partial charge in [-0.25, -0.2) is 4.79 Å². The van der Waals surface area contributed by atoms with E-state index in [0.717, 1.165) is 11.1 Å². The van der Waals surface area contributed by atoms with Crippen LogP contribution >= 0.6 is 11.6 Å². The number of nitrogens with one attached hydrogen (secondary N) is 1. The van der Waals surface area contributed by atoms with Gasteiger partial charge in [0, 0.05) is 24.4 Å². The van der Waals surface area contributed by atoms with Crippen LogP contribution in [0, 0.1) is 0 Å². The fraction of sp³-hybridized carbons (Fsp3) is 0.375. The van der Waals surface area contributed by atoms with Crippen molar-refractivity contribution in [1.29, 1.82) is 0 Å². The Kier molecular flexibility index (Phi) is 12.5. The lowest BCUT2D eigenvalue weighted by atomic mass is 10.1. The predicted octanol–water partition coefficient (Wildman–Crippen LogP) is 5.72. The molecule has 0 heterocycles. The molecule has 42 heavy (non-hydrogen) atoms.